The fraction of sp³-hybridized carbons (Fsp3) is 0.364. The van der Waals surface area contributed by atoms with Gasteiger partial charge in [0.25, 0.3) is 0 Å². The lowest BCUT2D eigenvalue weighted by atomic mass is 10.3. The molecular formula is C11H13FN2O3. The fourth-order valence-corrected chi connectivity index (χ4v) is 1.13. The molecule has 1 heterocycles. The lowest BCUT2D eigenvalue weighted by Crippen LogP contribution is -2.15. The van der Waals surface area contributed by atoms with E-state index < -0.39 is 17.8 Å². The number of ether oxygens (including phenoxy) is 1. The second-order valence-electron chi connectivity index (χ2n) is 3.20. The molecule has 0 spiro atoms. The monoisotopic (exact) mass is 240 g/mol. The van der Waals surface area contributed by atoms with E-state index in [1.807, 2.05) is 0 Å². The second-order valence-corrected chi connectivity index (χ2v) is 3.20. The maximum absolute atomic E-state index is 12.7. The number of esters is 1. The molecule has 0 atom stereocenters. The number of anilines is 1. The maximum Gasteiger partial charge on any atom is 0.306 e. The number of aromatic nitrogens is 1. The van der Waals surface area contributed by atoms with Crippen molar-refractivity contribution in [1.29, 1.82) is 0 Å². The SMILES string of the molecule is CCOC(=O)CCC(=O)Nc1cccc(F)n1. The van der Waals surface area contributed by atoms with E-state index in [1.54, 1.807) is 6.92 Å². The lowest BCUT2D eigenvalue weighted by molar-refractivity contribution is -0.144. The van der Waals surface area contributed by atoms with Crippen molar-refractivity contribution < 1.29 is 18.7 Å². The van der Waals surface area contributed by atoms with Crippen LogP contribution in [0.3, 0.4) is 0 Å². The van der Waals surface area contributed by atoms with Crippen molar-refractivity contribution in [1.82, 2.24) is 4.98 Å². The van der Waals surface area contributed by atoms with Gasteiger partial charge >= 0.3 is 5.97 Å². The number of halogens is 1. The van der Waals surface area contributed by atoms with Gasteiger partial charge < -0.3 is 10.1 Å². The molecule has 0 saturated carbocycles. The largest absolute Gasteiger partial charge is 0.466 e. The standard InChI is InChI=1S/C11H13FN2O3/c1-2-17-11(16)7-6-10(15)14-9-5-3-4-8(12)13-9/h3-5H,2,6-7H2,1H3,(H,13,14,15). The van der Waals surface area contributed by atoms with Crippen LogP contribution in [0.1, 0.15) is 19.8 Å². The van der Waals surface area contributed by atoms with Crippen molar-refractivity contribution in [3.8, 4) is 0 Å². The van der Waals surface area contributed by atoms with Crippen molar-refractivity contribution in [3.05, 3.63) is 24.1 Å². The molecule has 0 bridgehead atoms. The Labute approximate surface area is 98.0 Å². The van der Waals surface area contributed by atoms with Gasteiger partial charge in [-0.15, -0.1) is 0 Å². The molecule has 1 aromatic rings. The molecule has 5 nitrogen and oxygen atoms in total. The van der Waals surface area contributed by atoms with Gasteiger partial charge in [-0.25, -0.2) is 4.98 Å². The van der Waals surface area contributed by atoms with Crippen molar-refractivity contribution in [3.63, 3.8) is 0 Å². The summed E-state index contributed by atoms with van der Waals surface area (Å²) >= 11 is 0. The van der Waals surface area contributed by atoms with Gasteiger partial charge in [0.1, 0.15) is 5.82 Å². The van der Waals surface area contributed by atoms with E-state index in [0.29, 0.717) is 0 Å². The van der Waals surface area contributed by atoms with Crippen molar-refractivity contribution >= 4 is 17.7 Å². The van der Waals surface area contributed by atoms with Gasteiger partial charge in [0, 0.05) is 6.42 Å². The third-order valence-electron chi connectivity index (χ3n) is 1.84. The normalized spacial score (nSPS) is 9.76. The van der Waals surface area contributed by atoms with Crippen LogP contribution in [0.25, 0.3) is 0 Å². The predicted octanol–water partition coefficient (Wildman–Crippen LogP) is 1.50. The fourth-order valence-electron chi connectivity index (χ4n) is 1.13. The molecule has 1 aromatic heterocycles. The first-order valence-electron chi connectivity index (χ1n) is 5.20. The van der Waals surface area contributed by atoms with E-state index in [1.165, 1.54) is 18.2 Å². The molecule has 0 saturated heterocycles. The summed E-state index contributed by atoms with van der Waals surface area (Å²) in [4.78, 5) is 25.8. The summed E-state index contributed by atoms with van der Waals surface area (Å²) in [6.45, 7) is 1.97. The van der Waals surface area contributed by atoms with E-state index in [4.69, 9.17) is 0 Å². The first-order valence-corrected chi connectivity index (χ1v) is 5.20. The molecule has 0 fully saturated rings. The molecule has 0 aliphatic carbocycles. The third kappa shape index (κ3) is 5.05. The van der Waals surface area contributed by atoms with Crippen LogP contribution in [0.15, 0.2) is 18.2 Å². The average molecular weight is 240 g/mol. The molecule has 6 heteroatoms. The molecule has 0 aromatic carbocycles. The Hall–Kier alpha value is -1.98. The summed E-state index contributed by atoms with van der Waals surface area (Å²) in [6.07, 6.45) is -0.0218. The van der Waals surface area contributed by atoms with Gasteiger partial charge in [-0.2, -0.15) is 4.39 Å². The van der Waals surface area contributed by atoms with Crippen LogP contribution in [-0.2, 0) is 14.3 Å². The number of nitrogens with one attached hydrogen (secondary N) is 1. The molecule has 1 N–H and O–H groups in total. The van der Waals surface area contributed by atoms with Crippen molar-refractivity contribution in [2.24, 2.45) is 0 Å². The summed E-state index contributed by atoms with van der Waals surface area (Å²) in [5.41, 5.74) is 0. The maximum atomic E-state index is 12.7. The zero-order chi connectivity index (χ0) is 12.7. The number of carbonyl (C=O) groups is 2. The number of hydrogen-bond donors (Lipinski definition) is 1. The zero-order valence-electron chi connectivity index (χ0n) is 9.40. The van der Waals surface area contributed by atoms with Gasteiger partial charge in [-0.05, 0) is 19.1 Å². The van der Waals surface area contributed by atoms with Gasteiger partial charge in [-0.1, -0.05) is 6.07 Å². The van der Waals surface area contributed by atoms with Crippen LogP contribution in [0.2, 0.25) is 0 Å². The van der Waals surface area contributed by atoms with Crippen LogP contribution in [0.4, 0.5) is 10.2 Å². The average Bonchev–Trinajstić information content (AvgIpc) is 2.27. The highest BCUT2D eigenvalue weighted by Gasteiger charge is 2.08. The topological polar surface area (TPSA) is 68.3 Å². The number of pyridine rings is 1. The lowest BCUT2D eigenvalue weighted by Gasteiger charge is -2.04. The molecule has 17 heavy (non-hydrogen) atoms. The highest BCUT2D eigenvalue weighted by molar-refractivity contribution is 5.91. The summed E-state index contributed by atoms with van der Waals surface area (Å²) in [5, 5.41) is 2.38. The van der Waals surface area contributed by atoms with Gasteiger partial charge in [-0.3, -0.25) is 9.59 Å². The molecule has 92 valence electrons. The summed E-state index contributed by atoms with van der Waals surface area (Å²) in [5.74, 6) is -1.39. The van der Waals surface area contributed by atoms with E-state index in [-0.39, 0.29) is 25.3 Å². The van der Waals surface area contributed by atoms with Crippen LogP contribution < -0.4 is 5.32 Å². The minimum absolute atomic E-state index is 0.00497. The Morgan fingerprint density at radius 1 is 1.41 bits per heavy atom. The summed E-state index contributed by atoms with van der Waals surface area (Å²) in [7, 11) is 0. The highest BCUT2D eigenvalue weighted by atomic mass is 19.1. The Morgan fingerprint density at radius 2 is 2.18 bits per heavy atom. The number of rotatable bonds is 5. The van der Waals surface area contributed by atoms with E-state index in [9.17, 15) is 14.0 Å². The summed E-state index contributed by atoms with van der Waals surface area (Å²) < 4.78 is 17.4. The molecule has 0 radical (unpaired) electrons. The number of amides is 1. The molecular weight excluding hydrogens is 227 g/mol. The molecule has 0 unspecified atom stereocenters. The third-order valence-corrected chi connectivity index (χ3v) is 1.84. The zero-order valence-corrected chi connectivity index (χ0v) is 9.40. The molecule has 0 aliphatic rings. The minimum Gasteiger partial charge on any atom is -0.466 e. The predicted molar refractivity (Wildman–Crippen MR) is 58.7 cm³/mol. The van der Waals surface area contributed by atoms with Crippen molar-refractivity contribution in [2.75, 3.05) is 11.9 Å². The highest BCUT2D eigenvalue weighted by Crippen LogP contribution is 2.04. The smallest absolute Gasteiger partial charge is 0.306 e. The molecule has 1 rings (SSSR count). The van der Waals surface area contributed by atoms with E-state index >= 15 is 0 Å². The summed E-state index contributed by atoms with van der Waals surface area (Å²) in [6, 6.07) is 4.07. The second kappa shape index (κ2) is 6.57. The first kappa shape index (κ1) is 13.1. The van der Waals surface area contributed by atoms with Crippen LogP contribution in [0.5, 0.6) is 0 Å². The van der Waals surface area contributed by atoms with Crippen LogP contribution in [0, 0.1) is 5.95 Å². The van der Waals surface area contributed by atoms with E-state index in [2.05, 4.69) is 15.0 Å². The minimum atomic E-state index is -0.673. The van der Waals surface area contributed by atoms with Gasteiger partial charge in [0.05, 0.1) is 13.0 Å². The van der Waals surface area contributed by atoms with Crippen molar-refractivity contribution in [2.45, 2.75) is 19.8 Å². The number of carbonyl (C=O) groups excluding carboxylic acids is 2. The quantitative estimate of drug-likeness (QED) is 0.625. The van der Waals surface area contributed by atoms with Gasteiger partial charge in [0.15, 0.2) is 0 Å². The Kier molecular flexibility index (Phi) is 5.06. The Morgan fingerprint density at radius 3 is 2.82 bits per heavy atom. The Balaban J connectivity index is 2.37. The first-order chi connectivity index (χ1) is 8.11. The van der Waals surface area contributed by atoms with Crippen LogP contribution in [-0.4, -0.2) is 23.5 Å². The number of nitrogens with zero attached hydrogens (tertiary/aromatic N) is 1. The van der Waals surface area contributed by atoms with E-state index in [0.717, 1.165) is 0 Å². The van der Waals surface area contributed by atoms with Gasteiger partial charge in [0.2, 0.25) is 11.9 Å². The van der Waals surface area contributed by atoms with Crippen LogP contribution >= 0.6 is 0 Å². The molecule has 0 aliphatic heterocycles. The Bertz CT molecular complexity index is 409. The molecule has 1 amide bonds. The number of hydrogen-bond acceptors (Lipinski definition) is 4.